The van der Waals surface area contributed by atoms with Gasteiger partial charge in [0, 0.05) is 6.08 Å². The first kappa shape index (κ1) is 24.2. The van der Waals surface area contributed by atoms with E-state index in [1.54, 1.807) is 0 Å². The van der Waals surface area contributed by atoms with E-state index in [-0.39, 0.29) is 59.1 Å². The van der Waals surface area contributed by atoms with E-state index in [1.165, 1.54) is 0 Å². The van der Waals surface area contributed by atoms with E-state index in [0.29, 0.717) is 12.2 Å². The number of carbonyl (C=O) groups excluding carboxylic acids is 2. The molecule has 0 spiro atoms. The summed E-state index contributed by atoms with van der Waals surface area (Å²) in [6.07, 6.45) is 1.60. The maximum atomic E-state index is 9.41. The number of rotatable bonds is 3. The SMILES string of the molecule is C=CC(=O)O.O=C([O-])/C=C\C(=O)[O-].[Na+].[Na+]. The van der Waals surface area contributed by atoms with Crippen LogP contribution in [0, 0.1) is 0 Å². The van der Waals surface area contributed by atoms with Crippen molar-refractivity contribution in [3.05, 3.63) is 24.8 Å². The summed E-state index contributed by atoms with van der Waals surface area (Å²) < 4.78 is 0. The summed E-state index contributed by atoms with van der Waals surface area (Å²) in [5, 5.41) is 26.4. The Kier molecular flexibility index (Phi) is 26.4. The van der Waals surface area contributed by atoms with Gasteiger partial charge in [-0.15, -0.1) is 0 Å². The summed E-state index contributed by atoms with van der Waals surface area (Å²) in [4.78, 5) is 28.1. The van der Waals surface area contributed by atoms with Gasteiger partial charge in [-0.3, -0.25) is 0 Å². The van der Waals surface area contributed by atoms with Gasteiger partial charge in [0.1, 0.15) is 0 Å². The molecule has 6 nitrogen and oxygen atoms in total. The van der Waals surface area contributed by atoms with Crippen LogP contribution in [0.5, 0.6) is 0 Å². The van der Waals surface area contributed by atoms with Crippen LogP contribution in [0.15, 0.2) is 24.8 Å². The van der Waals surface area contributed by atoms with Gasteiger partial charge in [0.15, 0.2) is 0 Å². The Morgan fingerprint density at radius 1 is 1.00 bits per heavy atom. The third-order valence-electron chi connectivity index (χ3n) is 0.530. The molecule has 0 heterocycles. The van der Waals surface area contributed by atoms with Crippen LogP contribution in [0.4, 0.5) is 0 Å². The minimum atomic E-state index is -1.55. The summed E-state index contributed by atoms with van der Waals surface area (Å²) in [6, 6.07) is 0. The molecule has 1 N–H and O–H groups in total. The fourth-order valence-electron chi connectivity index (χ4n) is 0.136. The van der Waals surface area contributed by atoms with Crippen LogP contribution in [-0.2, 0) is 14.4 Å². The number of carboxylic acids is 3. The van der Waals surface area contributed by atoms with Crippen LogP contribution >= 0.6 is 0 Å². The summed E-state index contributed by atoms with van der Waals surface area (Å²) >= 11 is 0. The van der Waals surface area contributed by atoms with Crippen molar-refractivity contribution in [3.8, 4) is 0 Å². The molecule has 0 rings (SSSR count). The topological polar surface area (TPSA) is 118 Å². The average Bonchev–Trinajstić information content (AvgIpc) is 2.02. The fourth-order valence-corrected chi connectivity index (χ4v) is 0.136. The Labute approximate surface area is 130 Å². The molecule has 0 unspecified atom stereocenters. The van der Waals surface area contributed by atoms with E-state index in [4.69, 9.17) is 5.11 Å². The summed E-state index contributed by atoms with van der Waals surface area (Å²) in [7, 11) is 0. The van der Waals surface area contributed by atoms with Gasteiger partial charge in [0.05, 0.1) is 11.9 Å². The van der Waals surface area contributed by atoms with Crippen molar-refractivity contribution in [2.45, 2.75) is 0 Å². The van der Waals surface area contributed by atoms with E-state index in [0.717, 1.165) is 6.08 Å². The molecular weight excluding hydrogens is 226 g/mol. The standard InChI is InChI=1S/C4H4O4.C3H4O2.2Na/c5-3(6)1-2-4(7)8;1-2-3(4)5;;/h1-2H,(H,5,6)(H,7,8);2H,1H2,(H,4,5);;/q;;2*+1/p-2/b2-1-;;;. The largest absolute Gasteiger partial charge is 1.00 e. The average molecular weight is 232 g/mol. The molecule has 0 radical (unpaired) electrons. The van der Waals surface area contributed by atoms with Gasteiger partial charge in [-0.2, -0.15) is 0 Å². The number of carbonyl (C=O) groups is 3. The number of hydrogen-bond donors (Lipinski definition) is 1. The van der Waals surface area contributed by atoms with E-state index < -0.39 is 17.9 Å². The molecule has 0 saturated heterocycles. The van der Waals surface area contributed by atoms with Crippen LogP contribution in [0.25, 0.3) is 0 Å². The molecule has 0 aliphatic carbocycles. The van der Waals surface area contributed by atoms with Gasteiger partial charge < -0.3 is 24.9 Å². The van der Waals surface area contributed by atoms with Crippen molar-refractivity contribution in [2.24, 2.45) is 0 Å². The molecule has 15 heavy (non-hydrogen) atoms. The minimum Gasteiger partial charge on any atom is -0.545 e. The first-order valence-electron chi connectivity index (χ1n) is 2.85. The van der Waals surface area contributed by atoms with Crippen molar-refractivity contribution in [1.29, 1.82) is 0 Å². The molecular formula is C7H6Na2O6. The Morgan fingerprint density at radius 3 is 1.27 bits per heavy atom. The zero-order chi connectivity index (χ0) is 10.9. The second kappa shape index (κ2) is 16.3. The van der Waals surface area contributed by atoms with Crippen LogP contribution in [-0.4, -0.2) is 23.0 Å². The maximum Gasteiger partial charge on any atom is 1.00 e. The predicted molar refractivity (Wildman–Crippen MR) is 37.0 cm³/mol. The Hall–Kier alpha value is -0.110. The van der Waals surface area contributed by atoms with Crippen molar-refractivity contribution >= 4 is 17.9 Å². The van der Waals surface area contributed by atoms with Crippen LogP contribution in [0.2, 0.25) is 0 Å². The fraction of sp³-hybridized carbons (Fsp3) is 0. The molecule has 0 aliphatic rings. The predicted octanol–water partition coefficient (Wildman–Crippen LogP) is -8.69. The van der Waals surface area contributed by atoms with Gasteiger partial charge in [0.2, 0.25) is 0 Å². The second-order valence-corrected chi connectivity index (χ2v) is 1.51. The van der Waals surface area contributed by atoms with Crippen molar-refractivity contribution in [3.63, 3.8) is 0 Å². The van der Waals surface area contributed by atoms with Gasteiger partial charge in [-0.05, 0) is 12.2 Å². The van der Waals surface area contributed by atoms with Crippen molar-refractivity contribution in [2.75, 3.05) is 0 Å². The molecule has 8 heteroatoms. The normalized spacial score (nSPS) is 7.20. The third-order valence-corrected chi connectivity index (χ3v) is 0.530. The summed E-state index contributed by atoms with van der Waals surface area (Å²) in [5.41, 5.74) is 0. The molecule has 0 aromatic heterocycles. The van der Waals surface area contributed by atoms with Gasteiger partial charge in [-0.1, -0.05) is 6.58 Å². The van der Waals surface area contributed by atoms with Crippen LogP contribution < -0.4 is 69.3 Å². The minimum absolute atomic E-state index is 0. The summed E-state index contributed by atoms with van der Waals surface area (Å²) in [6.45, 7) is 2.96. The van der Waals surface area contributed by atoms with E-state index >= 15 is 0 Å². The number of hydrogen-bond acceptors (Lipinski definition) is 5. The molecule has 0 bridgehead atoms. The molecule has 0 aliphatic heterocycles. The molecule has 0 aromatic rings. The van der Waals surface area contributed by atoms with Crippen molar-refractivity contribution in [1.82, 2.24) is 0 Å². The monoisotopic (exact) mass is 232 g/mol. The van der Waals surface area contributed by atoms with Gasteiger partial charge >= 0.3 is 65.1 Å². The first-order valence-corrected chi connectivity index (χ1v) is 2.85. The van der Waals surface area contributed by atoms with E-state index in [9.17, 15) is 24.6 Å². The zero-order valence-electron chi connectivity index (χ0n) is 8.43. The molecule has 0 atom stereocenters. The van der Waals surface area contributed by atoms with E-state index in [1.807, 2.05) is 0 Å². The Bertz CT molecular complexity index is 232. The Balaban J connectivity index is -0.0000000770. The molecule has 0 aromatic carbocycles. The Morgan fingerprint density at radius 2 is 1.20 bits per heavy atom. The van der Waals surface area contributed by atoms with Crippen LogP contribution in [0.3, 0.4) is 0 Å². The molecule has 0 saturated carbocycles. The summed E-state index contributed by atoms with van der Waals surface area (Å²) in [5.74, 6) is -4.08. The number of aliphatic carboxylic acids is 3. The first-order chi connectivity index (χ1) is 5.90. The van der Waals surface area contributed by atoms with Crippen LogP contribution in [0.1, 0.15) is 0 Å². The van der Waals surface area contributed by atoms with Gasteiger partial charge in [0.25, 0.3) is 0 Å². The quantitative estimate of drug-likeness (QED) is 0.381. The molecule has 0 fully saturated rings. The van der Waals surface area contributed by atoms with Gasteiger partial charge in [-0.25, -0.2) is 4.79 Å². The maximum absolute atomic E-state index is 9.41. The molecule has 72 valence electrons. The third kappa shape index (κ3) is 41.4. The second-order valence-electron chi connectivity index (χ2n) is 1.51. The number of carboxylic acid groups (broad SMARTS) is 3. The van der Waals surface area contributed by atoms with E-state index in [2.05, 4.69) is 6.58 Å². The smallest absolute Gasteiger partial charge is 0.545 e. The molecule has 0 amide bonds. The van der Waals surface area contributed by atoms with Crippen molar-refractivity contribution < 1.29 is 88.8 Å². The zero-order valence-corrected chi connectivity index (χ0v) is 12.4.